The van der Waals surface area contributed by atoms with E-state index in [1.165, 1.54) is 0 Å². The van der Waals surface area contributed by atoms with E-state index >= 15 is 0 Å². The Balaban J connectivity index is 1.29. The highest BCUT2D eigenvalue weighted by Gasteiger charge is 2.54. The van der Waals surface area contributed by atoms with Gasteiger partial charge in [0.05, 0.1) is 30.9 Å². The largest absolute Gasteiger partial charge is 0.394 e. The van der Waals surface area contributed by atoms with Gasteiger partial charge in [-0.2, -0.15) is 0 Å². The molecule has 2 saturated carbocycles. The van der Waals surface area contributed by atoms with Crippen molar-refractivity contribution in [1.82, 2.24) is 0 Å². The van der Waals surface area contributed by atoms with E-state index in [2.05, 4.69) is 0 Å². The lowest BCUT2D eigenvalue weighted by Crippen LogP contribution is -2.66. The molecule has 0 aromatic rings. The molecule has 5 fully saturated rings. The minimum absolute atomic E-state index is 0.132. The number of aliphatic hydroxyl groups excluding tert-OH is 5. The SMILES string of the molecule is NCC1OC(OC2C(CO)OC(OC3C(O)C(N)CC(N)C3OC3OC(C4(N)CC4)CCC3N)C2O)C(N)C(O)C1O. The fourth-order valence-corrected chi connectivity index (χ4v) is 6.31. The van der Waals surface area contributed by atoms with Crippen LogP contribution in [0.1, 0.15) is 32.1 Å². The van der Waals surface area contributed by atoms with E-state index in [-0.39, 0.29) is 19.1 Å². The van der Waals surface area contributed by atoms with Crippen molar-refractivity contribution in [2.45, 2.75) is 142 Å². The number of rotatable bonds is 9. The van der Waals surface area contributed by atoms with Gasteiger partial charge in [0.1, 0.15) is 48.8 Å². The van der Waals surface area contributed by atoms with Gasteiger partial charge in [-0.25, -0.2) is 0 Å². The molecular weight excluding hydrogens is 560 g/mol. The molecule has 42 heavy (non-hydrogen) atoms. The van der Waals surface area contributed by atoms with E-state index in [0.717, 1.165) is 12.8 Å². The number of hydrogen-bond acceptors (Lipinski definition) is 17. The standard InChI is InChI=1S/C25H48N6O11/c26-6-11-16(34)17(35)14(30)23(37-11)41-20-12(7-32)38-24(18(20)36)42-21-15(33)9(28)5-10(29)19(21)40-22-8(27)1-2-13(39-22)25(31)3-4-25/h8-24,32-36H,1-7,26-31H2. The summed E-state index contributed by atoms with van der Waals surface area (Å²) in [6, 6.07) is -3.13. The zero-order valence-corrected chi connectivity index (χ0v) is 23.4. The van der Waals surface area contributed by atoms with Crippen LogP contribution in [0.4, 0.5) is 0 Å². The smallest absolute Gasteiger partial charge is 0.187 e. The highest BCUT2D eigenvalue weighted by atomic mass is 16.8. The van der Waals surface area contributed by atoms with Gasteiger partial charge in [-0.05, 0) is 32.1 Å². The number of ether oxygens (including phenoxy) is 6. The minimum atomic E-state index is -1.52. The van der Waals surface area contributed by atoms with Gasteiger partial charge in [0, 0.05) is 24.2 Å². The second-order valence-corrected chi connectivity index (χ2v) is 12.4. The van der Waals surface area contributed by atoms with E-state index in [1.807, 2.05) is 0 Å². The lowest BCUT2D eigenvalue weighted by atomic mass is 9.84. The van der Waals surface area contributed by atoms with Crippen molar-refractivity contribution in [3.8, 4) is 0 Å². The van der Waals surface area contributed by atoms with Gasteiger partial charge < -0.3 is 88.4 Å². The third-order valence-corrected chi connectivity index (χ3v) is 9.27. The summed E-state index contributed by atoms with van der Waals surface area (Å²) in [6.07, 6.45) is -11.6. The van der Waals surface area contributed by atoms with Crippen LogP contribution < -0.4 is 34.4 Å². The summed E-state index contributed by atoms with van der Waals surface area (Å²) < 4.78 is 35.7. The fraction of sp³-hybridized carbons (Fsp3) is 1.00. The first-order valence-corrected chi connectivity index (χ1v) is 14.7. The summed E-state index contributed by atoms with van der Waals surface area (Å²) in [5.41, 5.74) is 36.5. The molecule has 0 aromatic heterocycles. The highest BCUT2D eigenvalue weighted by Crippen LogP contribution is 2.42. The van der Waals surface area contributed by atoms with Gasteiger partial charge in [-0.1, -0.05) is 0 Å². The van der Waals surface area contributed by atoms with Crippen LogP contribution in [0.3, 0.4) is 0 Å². The molecule has 3 heterocycles. The third kappa shape index (κ3) is 6.35. The van der Waals surface area contributed by atoms with Crippen LogP contribution in [0.2, 0.25) is 0 Å². The average Bonchev–Trinajstić information content (AvgIpc) is 3.65. The second-order valence-electron chi connectivity index (χ2n) is 12.4. The van der Waals surface area contributed by atoms with Crippen molar-refractivity contribution in [2.75, 3.05) is 13.2 Å². The summed E-state index contributed by atoms with van der Waals surface area (Å²) in [4.78, 5) is 0. The van der Waals surface area contributed by atoms with Gasteiger partial charge in [0.15, 0.2) is 18.9 Å². The van der Waals surface area contributed by atoms with Crippen LogP contribution in [-0.2, 0) is 28.4 Å². The molecule has 2 aliphatic carbocycles. The Morgan fingerprint density at radius 2 is 1.31 bits per heavy atom. The summed E-state index contributed by atoms with van der Waals surface area (Å²) in [5, 5.41) is 52.7. The molecule has 0 aromatic carbocycles. The van der Waals surface area contributed by atoms with Crippen molar-refractivity contribution in [3.63, 3.8) is 0 Å². The first kappa shape index (κ1) is 32.7. The van der Waals surface area contributed by atoms with Crippen molar-refractivity contribution >= 4 is 0 Å². The normalized spacial score (nSPS) is 52.8. The molecule has 17 heteroatoms. The van der Waals surface area contributed by atoms with E-state index < -0.39 is 110 Å². The van der Waals surface area contributed by atoms with E-state index in [0.29, 0.717) is 12.8 Å². The molecule has 5 rings (SSSR count). The first-order chi connectivity index (χ1) is 19.9. The van der Waals surface area contributed by atoms with Crippen LogP contribution in [0.15, 0.2) is 0 Å². The average molecular weight is 609 g/mol. The molecule has 0 radical (unpaired) electrons. The monoisotopic (exact) mass is 608 g/mol. The number of nitrogens with two attached hydrogens (primary N) is 6. The van der Waals surface area contributed by atoms with Gasteiger partial charge >= 0.3 is 0 Å². The van der Waals surface area contributed by atoms with Crippen LogP contribution in [0.5, 0.6) is 0 Å². The Morgan fingerprint density at radius 3 is 1.95 bits per heavy atom. The molecule has 17 nitrogen and oxygen atoms in total. The molecule has 0 spiro atoms. The zero-order chi connectivity index (χ0) is 30.5. The Bertz CT molecular complexity index is 907. The molecule has 17 N–H and O–H groups in total. The predicted molar refractivity (Wildman–Crippen MR) is 143 cm³/mol. The highest BCUT2D eigenvalue weighted by molar-refractivity contribution is 5.07. The molecule has 244 valence electrons. The Labute approximate surface area is 243 Å². The molecule has 0 bridgehead atoms. The van der Waals surface area contributed by atoms with E-state index in [9.17, 15) is 25.5 Å². The second kappa shape index (κ2) is 13.0. The molecule has 3 aliphatic heterocycles. The van der Waals surface area contributed by atoms with Crippen molar-refractivity contribution in [2.24, 2.45) is 34.4 Å². The van der Waals surface area contributed by atoms with Gasteiger partial charge in [0.25, 0.3) is 0 Å². The van der Waals surface area contributed by atoms with Crippen molar-refractivity contribution in [1.29, 1.82) is 0 Å². The predicted octanol–water partition coefficient (Wildman–Crippen LogP) is -6.30. The lowest BCUT2D eigenvalue weighted by molar-refractivity contribution is -0.291. The van der Waals surface area contributed by atoms with Crippen molar-refractivity contribution < 1.29 is 54.0 Å². The molecular formula is C25H48N6O11. The van der Waals surface area contributed by atoms with Crippen LogP contribution in [-0.4, -0.2) is 148 Å². The topological polar surface area (TPSA) is 313 Å². The summed E-state index contributed by atoms with van der Waals surface area (Å²) in [6.45, 7) is -0.721. The maximum Gasteiger partial charge on any atom is 0.187 e. The van der Waals surface area contributed by atoms with Gasteiger partial charge in [-0.15, -0.1) is 0 Å². The van der Waals surface area contributed by atoms with Gasteiger partial charge in [-0.3, -0.25) is 0 Å². The summed E-state index contributed by atoms with van der Waals surface area (Å²) >= 11 is 0. The van der Waals surface area contributed by atoms with Crippen LogP contribution >= 0.6 is 0 Å². The maximum atomic E-state index is 11.2. The Hall–Kier alpha value is -0.680. The van der Waals surface area contributed by atoms with Crippen molar-refractivity contribution in [3.05, 3.63) is 0 Å². The Morgan fingerprint density at radius 1 is 0.667 bits per heavy atom. The molecule has 0 amide bonds. The fourth-order valence-electron chi connectivity index (χ4n) is 6.31. The molecule has 17 atom stereocenters. The van der Waals surface area contributed by atoms with Gasteiger partial charge in [0.2, 0.25) is 0 Å². The van der Waals surface area contributed by atoms with Crippen LogP contribution in [0.25, 0.3) is 0 Å². The molecule has 17 unspecified atom stereocenters. The van der Waals surface area contributed by atoms with E-state index in [4.69, 9.17) is 62.8 Å². The summed E-state index contributed by atoms with van der Waals surface area (Å²) in [7, 11) is 0. The molecule has 5 aliphatic rings. The zero-order valence-electron chi connectivity index (χ0n) is 23.4. The quantitative estimate of drug-likeness (QED) is 0.116. The summed E-state index contributed by atoms with van der Waals surface area (Å²) in [5.74, 6) is 0. The van der Waals surface area contributed by atoms with Crippen LogP contribution in [0, 0.1) is 0 Å². The minimum Gasteiger partial charge on any atom is -0.394 e. The number of aliphatic hydroxyl groups is 5. The first-order valence-electron chi connectivity index (χ1n) is 14.7. The Kier molecular flexibility index (Phi) is 10.1. The van der Waals surface area contributed by atoms with E-state index in [1.54, 1.807) is 0 Å². The lowest BCUT2D eigenvalue weighted by Gasteiger charge is -2.46. The molecule has 3 saturated heterocycles. The maximum absolute atomic E-state index is 11.2. The number of hydrogen-bond donors (Lipinski definition) is 11. The third-order valence-electron chi connectivity index (χ3n) is 9.27.